The summed E-state index contributed by atoms with van der Waals surface area (Å²) in [7, 11) is -3.99. The van der Waals surface area contributed by atoms with Crippen molar-refractivity contribution in [2.24, 2.45) is 0 Å². The fourth-order valence-corrected chi connectivity index (χ4v) is 4.06. The minimum absolute atomic E-state index is 0.159. The van der Waals surface area contributed by atoms with Crippen LogP contribution in [0.25, 0.3) is 0 Å². The zero-order chi connectivity index (χ0) is 18.4. The molecule has 0 fully saturated rings. The van der Waals surface area contributed by atoms with Crippen LogP contribution in [0.3, 0.4) is 0 Å². The van der Waals surface area contributed by atoms with Crippen LogP contribution in [0.4, 0.5) is 11.4 Å². The van der Waals surface area contributed by atoms with Crippen molar-refractivity contribution in [1.29, 1.82) is 0 Å². The van der Waals surface area contributed by atoms with Gasteiger partial charge in [0.1, 0.15) is 0 Å². The number of nitrogens with zero attached hydrogens (tertiary/aromatic N) is 2. The number of rotatable bonds is 8. The fourth-order valence-electron chi connectivity index (χ4n) is 2.49. The molecule has 0 saturated carbocycles. The highest BCUT2D eigenvalue weighted by atomic mass is 32.2. The van der Waals surface area contributed by atoms with E-state index in [1.54, 1.807) is 13.0 Å². The van der Waals surface area contributed by atoms with Gasteiger partial charge < -0.3 is 5.32 Å². The van der Waals surface area contributed by atoms with Crippen molar-refractivity contribution in [1.82, 2.24) is 4.31 Å². The first-order valence-corrected chi connectivity index (χ1v) is 9.40. The van der Waals surface area contributed by atoms with Crippen LogP contribution in [0.5, 0.6) is 0 Å². The zero-order valence-electron chi connectivity index (χ0n) is 14.2. The molecule has 7 nitrogen and oxygen atoms in total. The van der Waals surface area contributed by atoms with Gasteiger partial charge in [-0.3, -0.25) is 10.1 Å². The summed E-state index contributed by atoms with van der Waals surface area (Å²) in [6, 6.07) is 13.2. The van der Waals surface area contributed by atoms with E-state index in [0.29, 0.717) is 12.2 Å². The molecule has 0 aliphatic carbocycles. The Morgan fingerprint density at radius 2 is 1.80 bits per heavy atom. The van der Waals surface area contributed by atoms with Crippen molar-refractivity contribution in [2.45, 2.75) is 25.3 Å². The first kappa shape index (κ1) is 18.9. The summed E-state index contributed by atoms with van der Waals surface area (Å²) in [6.45, 7) is 4.52. The summed E-state index contributed by atoms with van der Waals surface area (Å²) >= 11 is 0. The van der Waals surface area contributed by atoms with Gasteiger partial charge in [-0.25, -0.2) is 8.42 Å². The summed E-state index contributed by atoms with van der Waals surface area (Å²) in [5.41, 5.74) is 0.907. The van der Waals surface area contributed by atoms with Crippen molar-refractivity contribution in [3.8, 4) is 0 Å². The van der Waals surface area contributed by atoms with Crippen molar-refractivity contribution < 1.29 is 13.3 Å². The van der Waals surface area contributed by atoms with E-state index in [1.807, 2.05) is 37.3 Å². The molecular weight excluding hydrogens is 342 g/mol. The Bertz CT molecular complexity index is 838. The second-order valence-corrected chi connectivity index (χ2v) is 7.29. The molecule has 0 unspecified atom stereocenters. The summed E-state index contributed by atoms with van der Waals surface area (Å²) in [5, 5.41) is 14.3. The molecule has 0 aliphatic heterocycles. The summed E-state index contributed by atoms with van der Waals surface area (Å²) < 4.78 is 27.2. The summed E-state index contributed by atoms with van der Waals surface area (Å²) in [5.74, 6) is 0. The second kappa shape index (κ2) is 8.09. The number of nitrogens with one attached hydrogen (secondary N) is 1. The van der Waals surface area contributed by atoms with Crippen LogP contribution in [-0.2, 0) is 16.6 Å². The molecular formula is C17H21N3O4S. The van der Waals surface area contributed by atoms with Crippen molar-refractivity contribution in [2.75, 3.05) is 18.4 Å². The van der Waals surface area contributed by atoms with Gasteiger partial charge in [-0.15, -0.1) is 0 Å². The highest BCUT2D eigenvalue weighted by Gasteiger charge is 2.31. The van der Waals surface area contributed by atoms with E-state index in [2.05, 4.69) is 5.32 Å². The van der Waals surface area contributed by atoms with Crippen LogP contribution >= 0.6 is 0 Å². The third kappa shape index (κ3) is 4.34. The average Bonchev–Trinajstić information content (AvgIpc) is 2.60. The molecule has 134 valence electrons. The zero-order valence-corrected chi connectivity index (χ0v) is 15.0. The molecule has 0 bridgehead atoms. The van der Waals surface area contributed by atoms with Gasteiger partial charge in [0, 0.05) is 31.4 Å². The molecule has 2 rings (SSSR count). The highest BCUT2D eigenvalue weighted by molar-refractivity contribution is 7.89. The Hall–Kier alpha value is -2.45. The Morgan fingerprint density at radius 1 is 1.12 bits per heavy atom. The normalized spacial score (nSPS) is 11.5. The Morgan fingerprint density at radius 3 is 2.36 bits per heavy atom. The third-order valence-electron chi connectivity index (χ3n) is 3.71. The van der Waals surface area contributed by atoms with E-state index in [-0.39, 0.29) is 18.0 Å². The molecule has 8 heteroatoms. The van der Waals surface area contributed by atoms with Gasteiger partial charge in [-0.2, -0.15) is 4.31 Å². The third-order valence-corrected chi connectivity index (χ3v) is 5.68. The molecule has 25 heavy (non-hydrogen) atoms. The van der Waals surface area contributed by atoms with Crippen LogP contribution in [-0.4, -0.2) is 30.7 Å². The molecule has 0 spiro atoms. The maximum absolute atomic E-state index is 13.0. The number of hydrogen-bond acceptors (Lipinski definition) is 5. The monoisotopic (exact) mass is 363 g/mol. The lowest BCUT2D eigenvalue weighted by molar-refractivity contribution is -0.387. The standard InChI is InChI=1S/C17H21N3O4S/c1-3-18-15-10-11-17(16(12-15)20(21)22)25(23,24)19(4-2)13-14-8-6-5-7-9-14/h5-12,18H,3-4,13H2,1-2H3. The maximum Gasteiger partial charge on any atom is 0.291 e. The van der Waals surface area contributed by atoms with E-state index >= 15 is 0 Å². The molecule has 0 heterocycles. The first-order valence-electron chi connectivity index (χ1n) is 7.96. The molecule has 0 aliphatic rings. The maximum atomic E-state index is 13.0. The van der Waals surface area contributed by atoms with Crippen LogP contribution in [0.15, 0.2) is 53.4 Å². The molecule has 0 atom stereocenters. The number of hydrogen-bond donors (Lipinski definition) is 1. The van der Waals surface area contributed by atoms with Crippen molar-refractivity contribution in [3.63, 3.8) is 0 Å². The van der Waals surface area contributed by atoms with E-state index in [0.717, 1.165) is 5.56 Å². The lowest BCUT2D eigenvalue weighted by atomic mass is 10.2. The lowest BCUT2D eigenvalue weighted by Gasteiger charge is -2.20. The van der Waals surface area contributed by atoms with E-state index in [1.165, 1.54) is 16.4 Å². The molecule has 0 aromatic heterocycles. The van der Waals surface area contributed by atoms with Gasteiger partial charge in [-0.05, 0) is 24.6 Å². The van der Waals surface area contributed by atoms with Crippen molar-refractivity contribution in [3.05, 3.63) is 64.2 Å². The number of sulfonamides is 1. The largest absolute Gasteiger partial charge is 0.385 e. The number of anilines is 1. The Balaban J connectivity index is 2.44. The van der Waals surface area contributed by atoms with Crippen molar-refractivity contribution >= 4 is 21.4 Å². The smallest absolute Gasteiger partial charge is 0.291 e. The fraction of sp³-hybridized carbons (Fsp3) is 0.294. The van der Waals surface area contributed by atoms with Gasteiger partial charge in [0.2, 0.25) is 10.0 Å². The minimum atomic E-state index is -3.99. The predicted molar refractivity (Wildman–Crippen MR) is 97.0 cm³/mol. The number of nitro groups is 1. The molecule has 0 radical (unpaired) electrons. The van der Waals surface area contributed by atoms with Gasteiger partial charge in [0.15, 0.2) is 4.90 Å². The number of benzene rings is 2. The van der Waals surface area contributed by atoms with E-state index < -0.39 is 20.6 Å². The Kier molecular flexibility index (Phi) is 6.11. The second-order valence-electron chi connectivity index (χ2n) is 5.39. The van der Waals surface area contributed by atoms with Gasteiger partial charge in [0.25, 0.3) is 5.69 Å². The molecule has 0 saturated heterocycles. The molecule has 2 aromatic rings. The van der Waals surface area contributed by atoms with Gasteiger partial charge in [-0.1, -0.05) is 37.3 Å². The van der Waals surface area contributed by atoms with Gasteiger partial charge >= 0.3 is 0 Å². The summed E-state index contributed by atoms with van der Waals surface area (Å²) in [4.78, 5) is 10.4. The highest BCUT2D eigenvalue weighted by Crippen LogP contribution is 2.30. The van der Waals surface area contributed by atoms with Crippen LogP contribution in [0.2, 0.25) is 0 Å². The molecule has 2 aromatic carbocycles. The van der Waals surface area contributed by atoms with Crippen LogP contribution in [0, 0.1) is 10.1 Å². The Labute approximate surface area is 147 Å². The number of nitro benzene ring substituents is 1. The summed E-state index contributed by atoms with van der Waals surface area (Å²) in [6.07, 6.45) is 0. The topological polar surface area (TPSA) is 92.6 Å². The first-order chi connectivity index (χ1) is 11.9. The molecule has 1 N–H and O–H groups in total. The van der Waals surface area contributed by atoms with E-state index in [4.69, 9.17) is 0 Å². The minimum Gasteiger partial charge on any atom is -0.385 e. The van der Waals surface area contributed by atoms with Crippen LogP contribution in [0.1, 0.15) is 19.4 Å². The predicted octanol–water partition coefficient (Wildman–Crippen LogP) is 3.24. The molecule has 0 amide bonds. The van der Waals surface area contributed by atoms with Gasteiger partial charge in [0.05, 0.1) is 4.92 Å². The SMILES string of the molecule is CCNc1ccc(S(=O)(=O)N(CC)Cc2ccccc2)c([N+](=O)[O-])c1. The van der Waals surface area contributed by atoms with Crippen LogP contribution < -0.4 is 5.32 Å². The average molecular weight is 363 g/mol. The van der Waals surface area contributed by atoms with E-state index in [9.17, 15) is 18.5 Å². The lowest BCUT2D eigenvalue weighted by Crippen LogP contribution is -2.31. The quantitative estimate of drug-likeness (QED) is 0.574.